The minimum atomic E-state index is -1.94. The minimum absolute atomic E-state index is 0.0484. The lowest BCUT2D eigenvalue weighted by atomic mass is 10.0. The van der Waals surface area contributed by atoms with Crippen molar-refractivity contribution in [3.8, 4) is 5.75 Å². The highest BCUT2D eigenvalue weighted by Crippen LogP contribution is 2.28. The van der Waals surface area contributed by atoms with Crippen molar-refractivity contribution in [2.45, 2.75) is 38.1 Å². The third kappa shape index (κ3) is 34.4. The van der Waals surface area contributed by atoms with E-state index in [1.807, 2.05) is 0 Å². The number of nitrogens with one attached hydrogen (secondary N) is 4. The molecule has 0 spiro atoms. The zero-order valence-corrected chi connectivity index (χ0v) is 49.0. The molecule has 3 rings (SSSR count). The van der Waals surface area contributed by atoms with E-state index in [-0.39, 0.29) is 94.7 Å². The molecule has 1 atom stereocenters. The molecule has 0 radical (unpaired) electrons. The third-order valence-corrected chi connectivity index (χ3v) is 11.6. The second-order valence-corrected chi connectivity index (χ2v) is 18.3. The first-order valence-electron chi connectivity index (χ1n) is 28.2. The summed E-state index contributed by atoms with van der Waals surface area (Å²) in [6, 6.07) is 2.33. The van der Waals surface area contributed by atoms with Crippen LogP contribution in [-0.4, -0.2) is 248 Å². The maximum atomic E-state index is 14.1. The normalized spacial score (nSPS) is 12.3. The van der Waals surface area contributed by atoms with E-state index in [2.05, 4.69) is 26.0 Å². The Labute approximate surface area is 509 Å². The lowest BCUT2D eigenvalue weighted by Crippen LogP contribution is -2.42. The molecule has 2 aromatic rings. The molecule has 33 heteroatoms. The van der Waals surface area contributed by atoms with Gasteiger partial charge in [0, 0.05) is 43.2 Å². The maximum absolute atomic E-state index is 14.1. The number of nitrogens with zero attached hydrogens (tertiary/aromatic N) is 1. The van der Waals surface area contributed by atoms with Crippen LogP contribution in [0.25, 0.3) is 0 Å². The molecule has 1 aliphatic rings. The zero-order valence-electron chi connectivity index (χ0n) is 49.0. The molecule has 0 saturated carbocycles. The molecular formula is C56H77F4N5O24. The number of anilines is 1. The van der Waals surface area contributed by atoms with Gasteiger partial charge in [-0.25, -0.2) is 18.5 Å². The van der Waals surface area contributed by atoms with Crippen molar-refractivity contribution >= 4 is 59.0 Å². The number of carboxylic acid groups (broad SMARTS) is 2. The van der Waals surface area contributed by atoms with Crippen molar-refractivity contribution in [1.29, 1.82) is 0 Å². The summed E-state index contributed by atoms with van der Waals surface area (Å²) in [7, 11) is 0. The number of esters is 1. The topological polar surface area (TPSA) is 365 Å². The van der Waals surface area contributed by atoms with Crippen LogP contribution in [0, 0.1) is 23.3 Å². The predicted octanol–water partition coefficient (Wildman–Crippen LogP) is 0.196. The fraction of sp³-hybridized carbons (Fsp3) is 0.589. The van der Waals surface area contributed by atoms with Gasteiger partial charge in [-0.05, 0) is 30.5 Å². The third-order valence-electron chi connectivity index (χ3n) is 11.6. The molecule has 6 amide bonds. The molecule has 0 bridgehead atoms. The first kappa shape index (κ1) is 76.1. The van der Waals surface area contributed by atoms with Crippen molar-refractivity contribution in [3.63, 3.8) is 0 Å². The van der Waals surface area contributed by atoms with Gasteiger partial charge in [-0.1, -0.05) is 6.07 Å². The highest BCUT2D eigenvalue weighted by Gasteiger charge is 2.28. The summed E-state index contributed by atoms with van der Waals surface area (Å²) < 4.78 is 125. The van der Waals surface area contributed by atoms with Crippen molar-refractivity contribution in [2.24, 2.45) is 0 Å². The highest BCUT2D eigenvalue weighted by atomic mass is 19.2. The average Bonchev–Trinajstić information content (AvgIpc) is 2.18. The Kier molecular flexibility index (Phi) is 40.1. The van der Waals surface area contributed by atoms with Crippen molar-refractivity contribution in [3.05, 3.63) is 70.8 Å². The van der Waals surface area contributed by atoms with E-state index >= 15 is 0 Å². The quantitative estimate of drug-likeness (QED) is 0.0129. The Hall–Kier alpha value is -7.15. The van der Waals surface area contributed by atoms with E-state index < -0.39 is 108 Å². The summed E-state index contributed by atoms with van der Waals surface area (Å²) in [5.41, 5.74) is -0.202. The predicted molar refractivity (Wildman–Crippen MR) is 298 cm³/mol. The Morgan fingerprint density at radius 2 is 0.876 bits per heavy atom. The molecule has 6 N–H and O–H groups in total. The number of benzene rings is 2. The summed E-state index contributed by atoms with van der Waals surface area (Å²) in [5.74, 6) is -17.1. The first-order valence-corrected chi connectivity index (χ1v) is 28.2. The Balaban J connectivity index is 1.04. The molecule has 2 aromatic carbocycles. The van der Waals surface area contributed by atoms with E-state index in [1.165, 1.54) is 12.1 Å². The van der Waals surface area contributed by atoms with Crippen LogP contribution in [0.2, 0.25) is 0 Å². The van der Waals surface area contributed by atoms with E-state index in [4.69, 9.17) is 67.1 Å². The number of carboxylic acids is 2. The van der Waals surface area contributed by atoms with Crippen LogP contribution in [0.1, 0.15) is 41.6 Å². The molecule has 1 heterocycles. The van der Waals surface area contributed by atoms with Gasteiger partial charge in [0.25, 0.3) is 17.7 Å². The van der Waals surface area contributed by atoms with Crippen molar-refractivity contribution in [2.75, 3.05) is 183 Å². The van der Waals surface area contributed by atoms with Crippen LogP contribution in [0.5, 0.6) is 5.75 Å². The first-order chi connectivity index (χ1) is 43.0. The van der Waals surface area contributed by atoms with E-state index in [1.54, 1.807) is 0 Å². The van der Waals surface area contributed by atoms with Crippen molar-refractivity contribution < 1.29 is 133 Å². The van der Waals surface area contributed by atoms with Gasteiger partial charge in [0.15, 0.2) is 11.6 Å². The molecule has 498 valence electrons. The smallest absolute Gasteiger partial charge is 0.326 e. The Bertz CT molecular complexity index is 2510. The molecule has 0 fully saturated rings. The fourth-order valence-electron chi connectivity index (χ4n) is 7.13. The zero-order chi connectivity index (χ0) is 64.9. The van der Waals surface area contributed by atoms with E-state index in [9.17, 15) is 60.7 Å². The summed E-state index contributed by atoms with van der Waals surface area (Å²) in [5, 5.41) is 27.2. The number of hydrogen-bond acceptors (Lipinski definition) is 22. The molecule has 0 saturated heterocycles. The lowest BCUT2D eigenvalue weighted by molar-refractivity contribution is -0.143. The number of halogens is 4. The van der Waals surface area contributed by atoms with Crippen LogP contribution in [-0.2, 0) is 102 Å². The molecule has 1 aliphatic heterocycles. The van der Waals surface area contributed by atoms with Gasteiger partial charge in [-0.2, -0.15) is 8.78 Å². The second kappa shape index (κ2) is 46.9. The number of ether oxygens (including phenoxy) is 13. The van der Waals surface area contributed by atoms with Crippen LogP contribution in [0.15, 0.2) is 36.4 Å². The molecule has 89 heavy (non-hydrogen) atoms. The summed E-state index contributed by atoms with van der Waals surface area (Å²) in [6.45, 7) is 7.01. The molecule has 0 aromatic heterocycles. The largest absolute Gasteiger partial charge is 0.481 e. The number of rotatable bonds is 54. The maximum Gasteiger partial charge on any atom is 0.326 e. The number of aliphatic carboxylic acids is 2. The second-order valence-electron chi connectivity index (χ2n) is 18.3. The molecule has 0 aliphatic carbocycles. The van der Waals surface area contributed by atoms with Gasteiger partial charge >= 0.3 is 17.9 Å². The van der Waals surface area contributed by atoms with Crippen LogP contribution in [0.4, 0.5) is 23.2 Å². The van der Waals surface area contributed by atoms with Gasteiger partial charge in [0.05, 0.1) is 184 Å². The van der Waals surface area contributed by atoms with Gasteiger partial charge in [-0.15, -0.1) is 0 Å². The van der Waals surface area contributed by atoms with Crippen LogP contribution >= 0.6 is 0 Å². The number of carbonyl (C=O) groups is 9. The molecular weight excluding hydrogens is 1200 g/mol. The number of amides is 6. The lowest BCUT2D eigenvalue weighted by Gasteiger charge is -2.17. The minimum Gasteiger partial charge on any atom is -0.481 e. The van der Waals surface area contributed by atoms with Crippen LogP contribution in [0.3, 0.4) is 0 Å². The van der Waals surface area contributed by atoms with Crippen molar-refractivity contribution in [1.82, 2.24) is 21.3 Å². The van der Waals surface area contributed by atoms with E-state index in [0.29, 0.717) is 119 Å². The standard InChI is InChI=1S/C56H77F4N5O24/c57-42-36-43(58)53(60)54(52(42)59)89-51(73)8-2-39-1-3-40(65-48(69)5-6-49(65)70)35-41(39)55(74)63-38-47(68)62-37-46(67)61-10-12-78-14-16-80-18-20-82-22-24-84-26-28-86-30-32-88-34-33-87-31-29-85-27-25-83-23-21-81-19-17-79-15-13-77-11-9-45(66)64-44(56(75)76)4-7-50(71)72/h1,3,5-6,35-36,44H,2,4,7-34,37-38H2,(H,61,67)(H,62,68)(H,63,74)(H,64,66)(H,71,72)(H,75,76)/t44-/m0/s1. The van der Waals surface area contributed by atoms with E-state index in [0.717, 1.165) is 23.1 Å². The average molecular weight is 1280 g/mol. The Morgan fingerprint density at radius 3 is 1.30 bits per heavy atom. The SMILES string of the molecule is O=C(O)CC[C@H](NC(=O)CCOCCOCCOCCOCCOCCOCCOCCOCCOCCOCCOCCOCCNC(=O)CNC(=O)CNC(=O)c1cc(N2C(=O)C=CC2=O)ccc1CCC(=O)Oc1c(F)c(F)cc(F)c1F)C(=O)O. The number of aryl methyl sites for hydroxylation is 1. The molecule has 0 unspecified atom stereocenters. The Morgan fingerprint density at radius 1 is 0.472 bits per heavy atom. The number of hydrogen-bond donors (Lipinski definition) is 6. The summed E-state index contributed by atoms with van der Waals surface area (Å²) in [6.07, 6.45) is 0.304. The number of imide groups is 1. The van der Waals surface area contributed by atoms with Gasteiger partial charge in [0.2, 0.25) is 35.1 Å². The summed E-state index contributed by atoms with van der Waals surface area (Å²) in [4.78, 5) is 110. The van der Waals surface area contributed by atoms with Gasteiger partial charge in [0.1, 0.15) is 6.04 Å². The van der Waals surface area contributed by atoms with Crippen LogP contribution < -0.4 is 30.9 Å². The monoisotopic (exact) mass is 1280 g/mol. The molecule has 29 nitrogen and oxygen atoms in total. The number of carbonyl (C=O) groups excluding carboxylic acids is 7. The summed E-state index contributed by atoms with van der Waals surface area (Å²) >= 11 is 0. The fourth-order valence-corrected chi connectivity index (χ4v) is 7.13. The highest BCUT2D eigenvalue weighted by molar-refractivity contribution is 6.28. The van der Waals surface area contributed by atoms with Gasteiger partial charge < -0.3 is 93.1 Å². The van der Waals surface area contributed by atoms with Gasteiger partial charge in [-0.3, -0.25) is 38.4 Å².